The zero-order valence-corrected chi connectivity index (χ0v) is 20.3. The number of hydrogen-bond acceptors (Lipinski definition) is 8. The average molecular weight is 500 g/mol. The van der Waals surface area contributed by atoms with Crippen LogP contribution in [0.3, 0.4) is 0 Å². The van der Waals surface area contributed by atoms with E-state index in [-0.39, 0.29) is 28.3 Å². The molecule has 34 heavy (non-hydrogen) atoms. The van der Waals surface area contributed by atoms with Crippen LogP contribution in [0.5, 0.6) is 0 Å². The van der Waals surface area contributed by atoms with Crippen molar-refractivity contribution in [1.29, 1.82) is 5.26 Å². The lowest BCUT2D eigenvalue weighted by Crippen LogP contribution is -2.17. The standard InChI is InChI=1S/C23H23FN5O3PS/c1-3-31-33(32-4-2)14-34-18-9-7-17(8-10-18)28-23(30)21-22(26)27-13-20(29-21)19-11-16(24)6-5-15(19)12-25/h5-11,13H,3-4,14H2,1-2H3,(H2,26,27)(H,28,30). The SMILES string of the molecule is CCOP(CSc1ccc(NC(=O)c2nc(-c3cc(F)ccc3C#N)cnc2N)cc1)OCC. The van der Waals surface area contributed by atoms with Crippen molar-refractivity contribution in [2.45, 2.75) is 18.7 Å². The second-order valence-electron chi connectivity index (χ2n) is 6.71. The van der Waals surface area contributed by atoms with E-state index in [1.165, 1.54) is 24.4 Å². The van der Waals surface area contributed by atoms with Gasteiger partial charge in [-0.2, -0.15) is 5.26 Å². The van der Waals surface area contributed by atoms with Gasteiger partial charge in [0, 0.05) is 16.1 Å². The molecule has 2 aromatic carbocycles. The molecule has 3 rings (SSSR count). The number of nitrogens with one attached hydrogen (secondary N) is 1. The number of nitriles is 1. The van der Waals surface area contributed by atoms with Crippen LogP contribution in [0.2, 0.25) is 0 Å². The Morgan fingerprint density at radius 1 is 1.21 bits per heavy atom. The summed E-state index contributed by atoms with van der Waals surface area (Å²) in [5.74, 6) is -1.19. The molecule has 0 atom stereocenters. The zero-order chi connectivity index (χ0) is 24.5. The number of nitrogens with zero attached hydrogens (tertiary/aromatic N) is 3. The molecule has 0 fully saturated rings. The van der Waals surface area contributed by atoms with Gasteiger partial charge in [0.2, 0.25) is 0 Å². The first-order valence-corrected chi connectivity index (χ1v) is 12.7. The molecular weight excluding hydrogens is 476 g/mol. The molecule has 3 aromatic rings. The van der Waals surface area contributed by atoms with Crippen LogP contribution in [-0.2, 0) is 9.05 Å². The molecule has 0 unspecified atom stereocenters. The maximum Gasteiger partial charge on any atom is 0.278 e. The summed E-state index contributed by atoms with van der Waals surface area (Å²) in [6.07, 6.45) is 1.30. The molecule has 11 heteroatoms. The van der Waals surface area contributed by atoms with Gasteiger partial charge in [0.15, 0.2) is 19.9 Å². The minimum absolute atomic E-state index is 0.0801. The van der Waals surface area contributed by atoms with Crippen molar-refractivity contribution in [3.8, 4) is 17.3 Å². The van der Waals surface area contributed by atoms with E-state index in [1.807, 2.05) is 32.0 Å². The summed E-state index contributed by atoms with van der Waals surface area (Å²) in [6.45, 7) is 5.07. The van der Waals surface area contributed by atoms with Crippen molar-refractivity contribution in [1.82, 2.24) is 9.97 Å². The number of aromatic nitrogens is 2. The average Bonchev–Trinajstić information content (AvgIpc) is 2.84. The molecule has 0 aliphatic carbocycles. The first kappa shape index (κ1) is 25.5. The summed E-state index contributed by atoms with van der Waals surface area (Å²) in [5, 5.41) is 12.0. The fraction of sp³-hybridized carbons (Fsp3) is 0.217. The number of halogens is 1. The fourth-order valence-corrected chi connectivity index (χ4v) is 5.47. The number of carbonyl (C=O) groups excluding carboxylic acids is 1. The minimum atomic E-state index is -0.948. The van der Waals surface area contributed by atoms with Crippen molar-refractivity contribution < 1.29 is 18.2 Å². The Kier molecular flexibility index (Phi) is 9.31. The van der Waals surface area contributed by atoms with Crippen LogP contribution < -0.4 is 11.1 Å². The maximum absolute atomic E-state index is 13.7. The van der Waals surface area contributed by atoms with E-state index in [4.69, 9.17) is 14.8 Å². The number of anilines is 2. The summed E-state index contributed by atoms with van der Waals surface area (Å²) in [7, 11) is -0.948. The highest BCUT2D eigenvalue weighted by molar-refractivity contribution is 8.04. The van der Waals surface area contributed by atoms with Crippen LogP contribution in [0.1, 0.15) is 29.9 Å². The zero-order valence-electron chi connectivity index (χ0n) is 18.6. The number of carbonyl (C=O) groups is 1. The molecule has 1 amide bonds. The highest BCUT2D eigenvalue weighted by atomic mass is 32.2. The first-order chi connectivity index (χ1) is 16.4. The predicted octanol–water partition coefficient (Wildman–Crippen LogP) is 5.42. The molecule has 0 saturated heterocycles. The number of thioether (sulfide) groups is 1. The number of benzene rings is 2. The third-order valence-corrected chi connectivity index (χ3v) is 7.45. The lowest BCUT2D eigenvalue weighted by Gasteiger charge is -2.15. The Labute approximate surface area is 202 Å². The Bertz CT molecular complexity index is 1180. The summed E-state index contributed by atoms with van der Waals surface area (Å²) >= 11 is 1.61. The Balaban J connectivity index is 1.72. The van der Waals surface area contributed by atoms with E-state index in [0.29, 0.717) is 24.4 Å². The number of hydrogen-bond donors (Lipinski definition) is 2. The molecule has 8 nitrogen and oxygen atoms in total. The van der Waals surface area contributed by atoms with Crippen molar-refractivity contribution in [2.75, 3.05) is 29.8 Å². The van der Waals surface area contributed by atoms with Gasteiger partial charge < -0.3 is 20.1 Å². The van der Waals surface area contributed by atoms with Gasteiger partial charge in [0.25, 0.3) is 5.91 Å². The summed E-state index contributed by atoms with van der Waals surface area (Å²) in [4.78, 5) is 22.1. The van der Waals surface area contributed by atoms with Gasteiger partial charge in [0.1, 0.15) is 5.82 Å². The Morgan fingerprint density at radius 2 is 1.91 bits per heavy atom. The smallest absolute Gasteiger partial charge is 0.278 e. The summed E-state index contributed by atoms with van der Waals surface area (Å²) in [6, 6.07) is 12.9. The lowest BCUT2D eigenvalue weighted by molar-refractivity contribution is 0.102. The topological polar surface area (TPSA) is 123 Å². The second kappa shape index (κ2) is 12.4. The van der Waals surface area contributed by atoms with E-state index in [0.717, 1.165) is 4.90 Å². The third-order valence-electron chi connectivity index (χ3n) is 4.39. The molecule has 3 N–H and O–H groups in total. The van der Waals surface area contributed by atoms with Gasteiger partial charge in [-0.25, -0.2) is 14.4 Å². The molecule has 0 spiro atoms. The minimum Gasteiger partial charge on any atom is -0.382 e. The molecule has 0 aliphatic rings. The van der Waals surface area contributed by atoms with Gasteiger partial charge in [-0.15, -0.1) is 11.8 Å². The number of rotatable bonds is 10. The molecule has 176 valence electrons. The van der Waals surface area contributed by atoms with Crippen LogP contribution in [0.25, 0.3) is 11.3 Å². The maximum atomic E-state index is 13.7. The molecule has 0 saturated carbocycles. The van der Waals surface area contributed by atoms with Crippen molar-refractivity contribution in [2.24, 2.45) is 0 Å². The van der Waals surface area contributed by atoms with Gasteiger partial charge in [0.05, 0.1) is 42.2 Å². The molecule has 1 aromatic heterocycles. The molecule has 0 aliphatic heterocycles. The summed E-state index contributed by atoms with van der Waals surface area (Å²) < 4.78 is 24.9. The quantitative estimate of drug-likeness (QED) is 0.280. The molecular formula is C23H23FN5O3PS. The molecule has 0 radical (unpaired) electrons. The van der Waals surface area contributed by atoms with Crippen LogP contribution in [0.15, 0.2) is 53.6 Å². The van der Waals surface area contributed by atoms with Gasteiger partial charge >= 0.3 is 0 Å². The van der Waals surface area contributed by atoms with Crippen molar-refractivity contribution in [3.63, 3.8) is 0 Å². The van der Waals surface area contributed by atoms with Gasteiger partial charge in [-0.1, -0.05) is 0 Å². The third kappa shape index (κ3) is 6.72. The number of amides is 1. The highest BCUT2D eigenvalue weighted by Gasteiger charge is 2.17. The van der Waals surface area contributed by atoms with Crippen LogP contribution in [-0.4, -0.2) is 34.6 Å². The fourth-order valence-electron chi connectivity index (χ4n) is 2.87. The van der Waals surface area contributed by atoms with E-state index in [1.54, 1.807) is 23.9 Å². The van der Waals surface area contributed by atoms with E-state index < -0.39 is 20.1 Å². The largest absolute Gasteiger partial charge is 0.382 e. The normalized spacial score (nSPS) is 10.8. The van der Waals surface area contributed by atoms with Gasteiger partial charge in [-0.3, -0.25) is 4.79 Å². The Hall–Kier alpha value is -3.09. The molecule has 1 heterocycles. The lowest BCUT2D eigenvalue weighted by atomic mass is 10.1. The van der Waals surface area contributed by atoms with Crippen LogP contribution >= 0.6 is 20.1 Å². The number of nitrogens with two attached hydrogens (primary N) is 1. The summed E-state index contributed by atoms with van der Waals surface area (Å²) in [5.41, 5.74) is 7.59. The van der Waals surface area contributed by atoms with E-state index in [2.05, 4.69) is 15.3 Å². The van der Waals surface area contributed by atoms with Crippen LogP contribution in [0, 0.1) is 17.1 Å². The van der Waals surface area contributed by atoms with E-state index >= 15 is 0 Å². The second-order valence-corrected chi connectivity index (χ2v) is 9.69. The predicted molar refractivity (Wildman–Crippen MR) is 132 cm³/mol. The highest BCUT2D eigenvalue weighted by Crippen LogP contribution is 2.43. The molecule has 0 bridgehead atoms. The van der Waals surface area contributed by atoms with E-state index in [9.17, 15) is 14.4 Å². The van der Waals surface area contributed by atoms with Crippen LogP contribution in [0.4, 0.5) is 15.9 Å². The van der Waals surface area contributed by atoms with Gasteiger partial charge in [-0.05, 0) is 56.3 Å². The van der Waals surface area contributed by atoms with Crippen molar-refractivity contribution in [3.05, 3.63) is 65.7 Å². The number of nitrogen functional groups attached to an aromatic ring is 1. The Morgan fingerprint density at radius 3 is 2.56 bits per heavy atom. The monoisotopic (exact) mass is 499 g/mol. The first-order valence-electron chi connectivity index (χ1n) is 10.3. The van der Waals surface area contributed by atoms with Crippen molar-refractivity contribution >= 4 is 37.5 Å².